The molecule has 0 atom stereocenters. The second-order valence-electron chi connectivity index (χ2n) is 4.14. The van der Waals surface area contributed by atoms with Crippen LogP contribution in [0.15, 0.2) is 0 Å². The summed E-state index contributed by atoms with van der Waals surface area (Å²) < 4.78 is 0. The van der Waals surface area contributed by atoms with Gasteiger partial charge < -0.3 is 0 Å². The molecule has 0 rings (SSSR count). The number of carbonyl (C=O) groups is 1. The summed E-state index contributed by atoms with van der Waals surface area (Å²) in [6, 6.07) is 0. The van der Waals surface area contributed by atoms with Crippen LogP contribution < -0.4 is 0 Å². The van der Waals surface area contributed by atoms with Crippen molar-refractivity contribution in [3.8, 4) is 0 Å². The third kappa shape index (κ3) is 6.05. The van der Waals surface area contributed by atoms with Crippen molar-refractivity contribution in [1.82, 2.24) is 0 Å². The molecule has 0 aromatic carbocycles. The van der Waals surface area contributed by atoms with Gasteiger partial charge in [-0.3, -0.25) is 0 Å². The van der Waals surface area contributed by atoms with Gasteiger partial charge in [-0.15, -0.1) is 0 Å². The zero-order chi connectivity index (χ0) is 12.4. The van der Waals surface area contributed by atoms with Gasteiger partial charge in [0.2, 0.25) is 0 Å². The quantitative estimate of drug-likeness (QED) is 0.469. The van der Waals surface area contributed by atoms with Gasteiger partial charge >= 0.3 is 119 Å². The Balaban J connectivity index is 4.52. The molecule has 0 aliphatic carbocycles. The Labute approximate surface area is 119 Å². The predicted octanol–water partition coefficient (Wildman–Crippen LogP) is 3.90. The maximum absolute atomic E-state index is 11.5. The Kier molecular flexibility index (Phi) is 10.5. The van der Waals surface area contributed by atoms with Gasteiger partial charge in [0.05, 0.1) is 0 Å². The molecule has 0 bridgehead atoms. The van der Waals surface area contributed by atoms with Gasteiger partial charge in [0.1, 0.15) is 0 Å². The van der Waals surface area contributed by atoms with Crippen molar-refractivity contribution in [3.63, 3.8) is 0 Å². The number of aliphatic carboxylic acids is 1. The van der Waals surface area contributed by atoms with Crippen molar-refractivity contribution >= 4 is 45.9 Å². The molecule has 0 aliphatic heterocycles. The Morgan fingerprint density at radius 3 is 2.06 bits per heavy atom. The number of hydrogen-bond acceptors (Lipinski definition) is 3. The summed E-state index contributed by atoms with van der Waals surface area (Å²) in [7, 11) is 3.48. The zero-order valence-electron chi connectivity index (χ0n) is 10.1. The van der Waals surface area contributed by atoms with Crippen LogP contribution in [-0.4, -0.2) is 38.0 Å². The van der Waals surface area contributed by atoms with Crippen LogP contribution in [0.2, 0.25) is 0 Å². The number of unbranched alkanes of at least 4 members (excludes halogenated alkanes) is 2. The van der Waals surface area contributed by atoms with Gasteiger partial charge in [-0.05, 0) is 0 Å². The van der Waals surface area contributed by atoms with E-state index in [1.165, 1.54) is 21.1 Å². The molecule has 0 aliphatic rings. The van der Waals surface area contributed by atoms with Crippen LogP contribution in [0.4, 0.5) is 0 Å². The molecular weight excluding hydrogens is 347 g/mol. The maximum atomic E-state index is 11.5. The molecule has 16 heavy (non-hydrogen) atoms. The van der Waals surface area contributed by atoms with Gasteiger partial charge in [0.15, 0.2) is 0 Å². The first-order valence-corrected chi connectivity index (χ1v) is 11.6. The first-order chi connectivity index (χ1) is 7.63. The van der Waals surface area contributed by atoms with E-state index in [1.807, 2.05) is 0 Å². The van der Waals surface area contributed by atoms with E-state index in [4.69, 9.17) is 0 Å². The van der Waals surface area contributed by atoms with E-state index in [-0.39, 0.29) is 0 Å². The van der Waals surface area contributed by atoms with E-state index in [2.05, 4.69) is 13.8 Å². The molecule has 0 aromatic rings. The fourth-order valence-electron chi connectivity index (χ4n) is 1.72. The standard InChI is InChI=1S/C11H22O2S2.Sn/c1-3-5-7-11(9-15-14,10(12)13)8-6-4-2;/h14H,3-9H2,1-2H3,(H,12,13);/q;+1/p-1. The first kappa shape index (κ1) is 17.0. The average molecular weight is 368 g/mol. The Bertz CT molecular complexity index is 179. The molecule has 0 heterocycles. The molecule has 0 unspecified atom stereocenters. The molecule has 1 N–H and O–H groups in total. The fourth-order valence-corrected chi connectivity index (χ4v) is 4.78. The second-order valence-corrected chi connectivity index (χ2v) is 10.3. The number of rotatable bonds is 10. The minimum absolute atomic E-state index is 0.472. The summed E-state index contributed by atoms with van der Waals surface area (Å²) in [5.74, 6) is 0.171. The normalized spacial score (nSPS) is 11.7. The first-order valence-electron chi connectivity index (χ1n) is 5.81. The molecule has 0 saturated carbocycles. The number of carboxylic acids is 1. The third-order valence-electron chi connectivity index (χ3n) is 2.87. The molecule has 0 aromatic heterocycles. The summed E-state index contributed by atoms with van der Waals surface area (Å²) in [6.45, 7) is 4.25. The zero-order valence-corrected chi connectivity index (χ0v) is 14.6. The van der Waals surface area contributed by atoms with Crippen molar-refractivity contribution in [3.05, 3.63) is 0 Å². The van der Waals surface area contributed by atoms with E-state index in [0.29, 0.717) is 0 Å². The van der Waals surface area contributed by atoms with Crippen LogP contribution in [0.1, 0.15) is 52.4 Å². The Morgan fingerprint density at radius 1 is 1.25 bits per heavy atom. The van der Waals surface area contributed by atoms with E-state index in [0.717, 1.165) is 44.3 Å². The minimum atomic E-state index is -0.591. The van der Waals surface area contributed by atoms with E-state index in [9.17, 15) is 9.90 Å². The summed E-state index contributed by atoms with van der Waals surface area (Å²) in [6.07, 6.45) is 5.88. The van der Waals surface area contributed by atoms with E-state index < -0.39 is 11.4 Å². The SMILES string of the molecule is CCCCC(CCCC)(CS[S][Sn])C(=O)O. The molecule has 0 fully saturated rings. The van der Waals surface area contributed by atoms with E-state index in [1.54, 1.807) is 18.8 Å². The monoisotopic (exact) mass is 369 g/mol. The topological polar surface area (TPSA) is 37.3 Å². The predicted molar refractivity (Wildman–Crippen MR) is 74.9 cm³/mol. The summed E-state index contributed by atoms with van der Waals surface area (Å²) in [5, 5.41) is 9.49. The summed E-state index contributed by atoms with van der Waals surface area (Å²) >= 11 is 1.40. The fraction of sp³-hybridized carbons (Fsp3) is 0.909. The van der Waals surface area contributed by atoms with E-state index >= 15 is 0 Å². The van der Waals surface area contributed by atoms with Crippen molar-refractivity contribution in [2.24, 2.45) is 5.41 Å². The van der Waals surface area contributed by atoms with Crippen LogP contribution in [0.5, 0.6) is 0 Å². The van der Waals surface area contributed by atoms with Crippen molar-refractivity contribution < 1.29 is 9.90 Å². The molecular formula is C11H21O2S2Sn. The molecule has 0 saturated heterocycles. The van der Waals surface area contributed by atoms with Crippen molar-refractivity contribution in [2.45, 2.75) is 52.4 Å². The summed E-state index contributed by atoms with van der Waals surface area (Å²) in [5.41, 5.74) is -0.472. The average Bonchev–Trinajstić information content (AvgIpc) is 2.28. The van der Waals surface area contributed by atoms with Crippen molar-refractivity contribution in [1.29, 1.82) is 0 Å². The third-order valence-corrected chi connectivity index (χ3v) is 7.39. The number of hydrogen-bond donors (Lipinski definition) is 1. The molecule has 5 heteroatoms. The van der Waals surface area contributed by atoms with Crippen LogP contribution in [0.25, 0.3) is 0 Å². The van der Waals surface area contributed by atoms with Gasteiger partial charge in [-0.2, -0.15) is 0 Å². The molecule has 0 spiro atoms. The number of carboxylic acid groups (broad SMARTS) is 1. The van der Waals surface area contributed by atoms with Crippen LogP contribution in [0, 0.1) is 5.41 Å². The second kappa shape index (κ2) is 9.94. The van der Waals surface area contributed by atoms with Gasteiger partial charge in [0.25, 0.3) is 0 Å². The summed E-state index contributed by atoms with van der Waals surface area (Å²) in [4.78, 5) is 11.5. The van der Waals surface area contributed by atoms with Gasteiger partial charge in [0, 0.05) is 0 Å². The van der Waals surface area contributed by atoms with Crippen LogP contribution >= 0.6 is 18.8 Å². The molecule has 3 radical (unpaired) electrons. The van der Waals surface area contributed by atoms with Crippen LogP contribution in [-0.2, 0) is 4.79 Å². The molecule has 0 amide bonds. The van der Waals surface area contributed by atoms with Crippen molar-refractivity contribution in [2.75, 3.05) is 5.75 Å². The van der Waals surface area contributed by atoms with Gasteiger partial charge in [-0.1, -0.05) is 0 Å². The molecule has 2 nitrogen and oxygen atoms in total. The Hall–Kier alpha value is 0.969. The van der Waals surface area contributed by atoms with Gasteiger partial charge in [-0.25, -0.2) is 0 Å². The van der Waals surface area contributed by atoms with Crippen LogP contribution in [0.3, 0.4) is 0 Å². The molecule has 93 valence electrons. The Morgan fingerprint density at radius 2 is 1.75 bits per heavy atom.